The van der Waals surface area contributed by atoms with Gasteiger partial charge in [0.15, 0.2) is 5.70 Å². The summed E-state index contributed by atoms with van der Waals surface area (Å²) in [6.07, 6.45) is 5.12. The summed E-state index contributed by atoms with van der Waals surface area (Å²) in [6.45, 7) is 0. The lowest BCUT2D eigenvalue weighted by Crippen LogP contribution is -2.01. The molecule has 1 aliphatic rings. The number of methoxy groups -OCH3 is 2. The second-order valence-corrected chi connectivity index (χ2v) is 5.22. The fourth-order valence-corrected chi connectivity index (χ4v) is 2.31. The molecule has 0 saturated heterocycles. The minimum Gasteiger partial charge on any atom is -0.497 e. The zero-order chi connectivity index (χ0) is 17.6. The molecule has 1 aliphatic heterocycles. The maximum atomic E-state index is 12.0. The topological polar surface area (TPSA) is 57.1 Å². The number of aliphatic imine (C=N–C) groups is 1. The highest BCUT2D eigenvalue weighted by Gasteiger charge is 2.21. The third kappa shape index (κ3) is 3.95. The van der Waals surface area contributed by atoms with Crippen molar-refractivity contribution in [2.24, 2.45) is 4.99 Å². The van der Waals surface area contributed by atoms with Gasteiger partial charge in [-0.1, -0.05) is 30.3 Å². The summed E-state index contributed by atoms with van der Waals surface area (Å²) < 4.78 is 15.6. The van der Waals surface area contributed by atoms with E-state index in [9.17, 15) is 4.79 Å². The first-order valence-corrected chi connectivity index (χ1v) is 7.67. The van der Waals surface area contributed by atoms with Crippen LogP contribution >= 0.6 is 0 Å². The average molecular weight is 335 g/mol. The maximum absolute atomic E-state index is 12.0. The average Bonchev–Trinajstić information content (AvgIpc) is 3.00. The number of esters is 1. The van der Waals surface area contributed by atoms with Crippen LogP contribution in [-0.4, -0.2) is 26.1 Å². The standard InChI is InChI=1S/C20H17NO4/c1-23-16-10-7-14(8-11-16)9-12-19-21-17(20(22)25-19)13-15-5-3-4-6-18(15)24-2/h3-13H,1-2H3/b12-9+,17-13?. The fourth-order valence-electron chi connectivity index (χ4n) is 2.31. The van der Waals surface area contributed by atoms with Crippen molar-refractivity contribution in [3.8, 4) is 11.5 Å². The monoisotopic (exact) mass is 335 g/mol. The number of para-hydroxylation sites is 1. The van der Waals surface area contributed by atoms with E-state index in [1.54, 1.807) is 26.4 Å². The lowest BCUT2D eigenvalue weighted by Gasteiger charge is -2.03. The Labute approximate surface area is 145 Å². The molecule has 25 heavy (non-hydrogen) atoms. The van der Waals surface area contributed by atoms with Crippen LogP contribution in [0.25, 0.3) is 12.2 Å². The van der Waals surface area contributed by atoms with E-state index < -0.39 is 5.97 Å². The number of hydrogen-bond acceptors (Lipinski definition) is 5. The van der Waals surface area contributed by atoms with Gasteiger partial charge in [-0.2, -0.15) is 0 Å². The third-order valence-corrected chi connectivity index (χ3v) is 3.60. The lowest BCUT2D eigenvalue weighted by atomic mass is 10.1. The third-order valence-electron chi connectivity index (χ3n) is 3.60. The lowest BCUT2D eigenvalue weighted by molar-refractivity contribution is -0.129. The Kier molecular flexibility index (Phi) is 4.95. The second-order valence-electron chi connectivity index (χ2n) is 5.22. The normalized spacial score (nSPS) is 15.4. The summed E-state index contributed by atoms with van der Waals surface area (Å²) in [5.41, 5.74) is 1.95. The predicted molar refractivity (Wildman–Crippen MR) is 96.5 cm³/mol. The molecular formula is C20H17NO4. The van der Waals surface area contributed by atoms with E-state index in [0.717, 1.165) is 16.9 Å². The first kappa shape index (κ1) is 16.5. The van der Waals surface area contributed by atoms with Crippen LogP contribution in [-0.2, 0) is 9.53 Å². The smallest absolute Gasteiger partial charge is 0.363 e. The Bertz CT molecular complexity index is 864. The van der Waals surface area contributed by atoms with Crippen molar-refractivity contribution in [1.29, 1.82) is 0 Å². The minimum atomic E-state index is -0.486. The van der Waals surface area contributed by atoms with Gasteiger partial charge in [-0.3, -0.25) is 0 Å². The molecule has 0 saturated carbocycles. The highest BCUT2D eigenvalue weighted by molar-refractivity contribution is 6.11. The van der Waals surface area contributed by atoms with Crippen LogP contribution in [0, 0.1) is 0 Å². The maximum Gasteiger partial charge on any atom is 0.363 e. The van der Waals surface area contributed by atoms with Gasteiger partial charge in [-0.15, -0.1) is 0 Å². The SMILES string of the molecule is COc1ccc(/C=C/C2=NC(=Cc3ccccc3OC)C(=O)O2)cc1. The van der Waals surface area contributed by atoms with Gasteiger partial charge in [0.25, 0.3) is 0 Å². The van der Waals surface area contributed by atoms with Crippen LogP contribution < -0.4 is 9.47 Å². The quantitative estimate of drug-likeness (QED) is 0.617. The molecule has 0 unspecified atom stereocenters. The molecule has 2 aromatic carbocycles. The first-order valence-electron chi connectivity index (χ1n) is 7.67. The van der Waals surface area contributed by atoms with E-state index in [2.05, 4.69) is 4.99 Å². The molecule has 2 aromatic rings. The van der Waals surface area contributed by atoms with Crippen molar-refractivity contribution >= 4 is 24.0 Å². The summed E-state index contributed by atoms with van der Waals surface area (Å²) in [5.74, 6) is 1.21. The highest BCUT2D eigenvalue weighted by atomic mass is 16.6. The van der Waals surface area contributed by atoms with Gasteiger partial charge in [-0.05, 0) is 35.9 Å². The molecule has 0 amide bonds. The number of nitrogens with zero attached hydrogens (tertiary/aromatic N) is 1. The Hall–Kier alpha value is -3.34. The van der Waals surface area contributed by atoms with E-state index in [1.165, 1.54) is 0 Å². The van der Waals surface area contributed by atoms with Crippen LogP contribution in [0.5, 0.6) is 11.5 Å². The molecule has 0 fully saturated rings. The molecule has 5 heteroatoms. The van der Waals surface area contributed by atoms with Crippen LogP contribution in [0.2, 0.25) is 0 Å². The molecule has 3 rings (SSSR count). The van der Waals surface area contributed by atoms with Gasteiger partial charge >= 0.3 is 5.97 Å². The van der Waals surface area contributed by atoms with Gasteiger partial charge in [0.05, 0.1) is 14.2 Å². The van der Waals surface area contributed by atoms with Crippen molar-refractivity contribution in [2.45, 2.75) is 0 Å². The van der Waals surface area contributed by atoms with Crippen LogP contribution in [0.15, 0.2) is 65.3 Å². The number of rotatable bonds is 5. The molecule has 0 spiro atoms. The zero-order valence-corrected chi connectivity index (χ0v) is 13.9. The molecule has 0 N–H and O–H groups in total. The molecular weight excluding hydrogens is 318 g/mol. The van der Waals surface area contributed by atoms with Crippen molar-refractivity contribution in [1.82, 2.24) is 0 Å². The van der Waals surface area contributed by atoms with Gasteiger partial charge in [0.2, 0.25) is 5.90 Å². The molecule has 0 bridgehead atoms. The zero-order valence-electron chi connectivity index (χ0n) is 13.9. The summed E-state index contributed by atoms with van der Waals surface area (Å²) in [6, 6.07) is 14.9. The Morgan fingerprint density at radius 3 is 2.44 bits per heavy atom. The van der Waals surface area contributed by atoms with E-state index in [4.69, 9.17) is 14.2 Å². The molecule has 1 heterocycles. The van der Waals surface area contributed by atoms with Crippen LogP contribution in [0.4, 0.5) is 0 Å². The number of ether oxygens (including phenoxy) is 3. The first-order chi connectivity index (χ1) is 12.2. The van der Waals surface area contributed by atoms with Crippen molar-refractivity contribution in [3.63, 3.8) is 0 Å². The summed E-state index contributed by atoms with van der Waals surface area (Å²) in [7, 11) is 3.20. The Morgan fingerprint density at radius 2 is 1.72 bits per heavy atom. The molecule has 5 nitrogen and oxygen atoms in total. The molecule has 0 aromatic heterocycles. The number of cyclic esters (lactones) is 1. The van der Waals surface area contributed by atoms with Gasteiger partial charge in [0, 0.05) is 11.6 Å². The van der Waals surface area contributed by atoms with Gasteiger partial charge in [0.1, 0.15) is 11.5 Å². The number of carbonyl (C=O) groups excluding carboxylic acids is 1. The largest absolute Gasteiger partial charge is 0.497 e. The molecule has 0 atom stereocenters. The van der Waals surface area contributed by atoms with Gasteiger partial charge in [-0.25, -0.2) is 9.79 Å². The number of hydrogen-bond donors (Lipinski definition) is 0. The number of benzene rings is 2. The molecule has 126 valence electrons. The summed E-state index contributed by atoms with van der Waals surface area (Å²) in [5, 5.41) is 0. The Morgan fingerprint density at radius 1 is 0.960 bits per heavy atom. The molecule has 0 aliphatic carbocycles. The fraction of sp³-hybridized carbons (Fsp3) is 0.100. The molecule has 0 radical (unpaired) electrons. The summed E-state index contributed by atoms with van der Waals surface area (Å²) >= 11 is 0. The second kappa shape index (κ2) is 7.49. The highest BCUT2D eigenvalue weighted by Crippen LogP contribution is 2.23. The van der Waals surface area contributed by atoms with E-state index in [-0.39, 0.29) is 11.6 Å². The number of carbonyl (C=O) groups is 1. The van der Waals surface area contributed by atoms with Crippen LogP contribution in [0.1, 0.15) is 11.1 Å². The summed E-state index contributed by atoms with van der Waals surface area (Å²) in [4.78, 5) is 16.2. The van der Waals surface area contributed by atoms with Crippen molar-refractivity contribution in [2.75, 3.05) is 14.2 Å². The van der Waals surface area contributed by atoms with Gasteiger partial charge < -0.3 is 14.2 Å². The minimum absolute atomic E-state index is 0.235. The van der Waals surface area contributed by atoms with E-state index in [0.29, 0.717) is 5.75 Å². The van der Waals surface area contributed by atoms with Crippen molar-refractivity contribution in [3.05, 3.63) is 71.4 Å². The van der Waals surface area contributed by atoms with Crippen LogP contribution in [0.3, 0.4) is 0 Å². The predicted octanol–water partition coefficient (Wildman–Crippen LogP) is 3.71. The Balaban J connectivity index is 1.79. The van der Waals surface area contributed by atoms with E-state index >= 15 is 0 Å². The van der Waals surface area contributed by atoms with E-state index in [1.807, 2.05) is 54.6 Å². The van der Waals surface area contributed by atoms with Crippen molar-refractivity contribution < 1.29 is 19.0 Å².